The van der Waals surface area contributed by atoms with Crippen molar-refractivity contribution in [3.05, 3.63) is 34.9 Å². The Balaban J connectivity index is 1.91. The van der Waals surface area contributed by atoms with Gasteiger partial charge in [-0.25, -0.2) is 0 Å². The van der Waals surface area contributed by atoms with Crippen LogP contribution in [0.2, 0.25) is 0 Å². The molecule has 0 saturated heterocycles. The van der Waals surface area contributed by atoms with Gasteiger partial charge in [-0.3, -0.25) is 4.79 Å². The Morgan fingerprint density at radius 3 is 2.76 bits per heavy atom. The van der Waals surface area contributed by atoms with Crippen molar-refractivity contribution in [3.63, 3.8) is 0 Å². The second kappa shape index (κ2) is 3.67. The van der Waals surface area contributed by atoms with E-state index in [1.54, 1.807) is 0 Å². The minimum absolute atomic E-state index is 0.0420. The van der Waals surface area contributed by atoms with E-state index in [0.29, 0.717) is 5.78 Å². The third-order valence-corrected chi connectivity index (χ3v) is 4.22. The van der Waals surface area contributed by atoms with E-state index in [9.17, 15) is 4.79 Å². The molecule has 1 aliphatic carbocycles. The monoisotopic (exact) mass is 229 g/mol. The van der Waals surface area contributed by atoms with Gasteiger partial charge in [0, 0.05) is 24.1 Å². The van der Waals surface area contributed by atoms with E-state index in [0.717, 1.165) is 37.9 Å². The zero-order valence-corrected chi connectivity index (χ0v) is 10.6. The smallest absolute Gasteiger partial charge is 0.168 e. The van der Waals surface area contributed by atoms with Gasteiger partial charge in [0.1, 0.15) is 0 Å². The first-order valence-electron chi connectivity index (χ1n) is 6.44. The van der Waals surface area contributed by atoms with Crippen LogP contribution in [-0.2, 0) is 13.0 Å². The predicted octanol–water partition coefficient (Wildman–Crippen LogP) is 2.66. The van der Waals surface area contributed by atoms with Crippen LogP contribution in [0.4, 0.5) is 0 Å². The van der Waals surface area contributed by atoms with Gasteiger partial charge >= 0.3 is 0 Å². The quantitative estimate of drug-likeness (QED) is 0.727. The van der Waals surface area contributed by atoms with Gasteiger partial charge < -0.3 is 4.90 Å². The van der Waals surface area contributed by atoms with E-state index in [2.05, 4.69) is 31.0 Å². The largest absolute Gasteiger partial charge is 0.302 e. The lowest BCUT2D eigenvalue weighted by Gasteiger charge is -2.25. The molecule has 2 nitrogen and oxygen atoms in total. The summed E-state index contributed by atoms with van der Waals surface area (Å²) < 4.78 is 0. The maximum atomic E-state index is 12.3. The van der Waals surface area contributed by atoms with Crippen LogP contribution in [0.15, 0.2) is 18.2 Å². The third kappa shape index (κ3) is 1.91. The highest BCUT2D eigenvalue weighted by Crippen LogP contribution is 2.47. The highest BCUT2D eigenvalue weighted by molar-refractivity contribution is 6.02. The number of ketones is 1. The summed E-state index contributed by atoms with van der Waals surface area (Å²) in [6.07, 6.45) is 3.20. The van der Waals surface area contributed by atoms with Gasteiger partial charge in [-0.15, -0.1) is 0 Å². The molecule has 1 fully saturated rings. The number of carbonyl (C=O) groups is 1. The van der Waals surface area contributed by atoms with Gasteiger partial charge in [0.2, 0.25) is 0 Å². The fourth-order valence-electron chi connectivity index (χ4n) is 2.60. The number of Topliss-reactive ketones (excluding diaryl/α,β-unsaturated/α-hetero) is 1. The van der Waals surface area contributed by atoms with E-state index in [1.165, 1.54) is 11.1 Å². The van der Waals surface area contributed by atoms with Crippen LogP contribution in [-0.4, -0.2) is 24.3 Å². The summed E-state index contributed by atoms with van der Waals surface area (Å²) in [5, 5.41) is 0. The Bertz CT molecular complexity index is 474. The lowest BCUT2D eigenvalue weighted by atomic mass is 9.91. The van der Waals surface area contributed by atoms with Crippen LogP contribution in [0.1, 0.15) is 41.3 Å². The Morgan fingerprint density at radius 2 is 2.06 bits per heavy atom. The predicted molar refractivity (Wildman–Crippen MR) is 68.2 cm³/mol. The number of carbonyl (C=O) groups excluding carboxylic acids is 1. The van der Waals surface area contributed by atoms with E-state index in [4.69, 9.17) is 0 Å². The Labute approximate surface area is 103 Å². The van der Waals surface area contributed by atoms with Gasteiger partial charge in [-0.05, 0) is 43.5 Å². The molecular formula is C15H19NO. The first kappa shape index (κ1) is 11.0. The molecule has 90 valence electrons. The molecule has 0 amide bonds. The molecule has 0 unspecified atom stereocenters. The van der Waals surface area contributed by atoms with Crippen molar-refractivity contribution >= 4 is 5.78 Å². The maximum absolute atomic E-state index is 12.3. The van der Waals surface area contributed by atoms with Crippen LogP contribution in [0.5, 0.6) is 0 Å². The molecule has 1 aromatic rings. The summed E-state index contributed by atoms with van der Waals surface area (Å²) in [4.78, 5) is 14.6. The molecule has 1 aromatic carbocycles. The lowest BCUT2D eigenvalue weighted by Crippen LogP contribution is -2.26. The number of benzene rings is 1. The SMILES string of the molecule is CN1CCc2cc(C(=O)C3(C)CC3)ccc2C1. The number of rotatable bonds is 2. The number of hydrogen-bond donors (Lipinski definition) is 0. The second-order valence-corrected chi connectivity index (χ2v) is 5.86. The van der Waals surface area contributed by atoms with Crippen molar-refractivity contribution in [1.29, 1.82) is 0 Å². The standard InChI is InChI=1S/C15H19NO/c1-15(6-7-15)14(17)12-3-4-13-10-16(2)8-5-11(13)9-12/h3-4,9H,5-8,10H2,1-2H3. The second-order valence-electron chi connectivity index (χ2n) is 5.86. The Morgan fingerprint density at radius 1 is 1.29 bits per heavy atom. The molecule has 17 heavy (non-hydrogen) atoms. The van der Waals surface area contributed by atoms with E-state index < -0.39 is 0 Å². The van der Waals surface area contributed by atoms with Crippen LogP contribution in [0.3, 0.4) is 0 Å². The van der Waals surface area contributed by atoms with Gasteiger partial charge in [0.25, 0.3) is 0 Å². The van der Waals surface area contributed by atoms with Crippen LogP contribution >= 0.6 is 0 Å². The van der Waals surface area contributed by atoms with E-state index in [-0.39, 0.29) is 5.41 Å². The Hall–Kier alpha value is -1.15. The van der Waals surface area contributed by atoms with Gasteiger partial charge in [0.15, 0.2) is 5.78 Å². The Kier molecular flexibility index (Phi) is 2.37. The average molecular weight is 229 g/mol. The summed E-state index contributed by atoms with van der Waals surface area (Å²) in [7, 11) is 2.15. The number of hydrogen-bond acceptors (Lipinski definition) is 2. The highest BCUT2D eigenvalue weighted by Gasteiger charge is 2.44. The van der Waals surface area contributed by atoms with E-state index in [1.807, 2.05) is 6.07 Å². The third-order valence-electron chi connectivity index (χ3n) is 4.22. The molecule has 0 bridgehead atoms. The van der Waals surface area contributed by atoms with Crippen molar-refractivity contribution in [2.24, 2.45) is 5.41 Å². The van der Waals surface area contributed by atoms with Crippen molar-refractivity contribution in [3.8, 4) is 0 Å². The number of nitrogens with zero attached hydrogens (tertiary/aromatic N) is 1. The van der Waals surface area contributed by atoms with Gasteiger partial charge in [-0.1, -0.05) is 19.1 Å². The molecule has 2 heteroatoms. The van der Waals surface area contributed by atoms with Crippen molar-refractivity contribution < 1.29 is 4.79 Å². The topological polar surface area (TPSA) is 20.3 Å². The molecule has 0 N–H and O–H groups in total. The van der Waals surface area contributed by atoms with Crippen molar-refractivity contribution in [2.75, 3.05) is 13.6 Å². The molecule has 1 heterocycles. The molecule has 1 aliphatic heterocycles. The molecular weight excluding hydrogens is 210 g/mol. The summed E-state index contributed by atoms with van der Waals surface area (Å²) in [6, 6.07) is 6.29. The molecule has 1 saturated carbocycles. The average Bonchev–Trinajstić information content (AvgIpc) is 3.07. The van der Waals surface area contributed by atoms with Crippen molar-refractivity contribution in [1.82, 2.24) is 4.90 Å². The summed E-state index contributed by atoms with van der Waals surface area (Å²) >= 11 is 0. The van der Waals surface area contributed by atoms with Crippen LogP contribution in [0.25, 0.3) is 0 Å². The zero-order valence-electron chi connectivity index (χ0n) is 10.6. The van der Waals surface area contributed by atoms with Gasteiger partial charge in [0.05, 0.1) is 0 Å². The number of likely N-dealkylation sites (N-methyl/N-ethyl adjacent to an activating group) is 1. The molecule has 0 atom stereocenters. The number of fused-ring (bicyclic) bond motifs is 1. The first-order valence-corrected chi connectivity index (χ1v) is 6.44. The molecule has 0 radical (unpaired) electrons. The minimum Gasteiger partial charge on any atom is -0.302 e. The normalized spacial score (nSPS) is 22.0. The van der Waals surface area contributed by atoms with Crippen molar-refractivity contribution in [2.45, 2.75) is 32.7 Å². The highest BCUT2D eigenvalue weighted by atomic mass is 16.1. The molecule has 3 rings (SSSR count). The lowest BCUT2D eigenvalue weighted by molar-refractivity contribution is 0.0912. The van der Waals surface area contributed by atoms with Gasteiger partial charge in [-0.2, -0.15) is 0 Å². The minimum atomic E-state index is -0.0420. The zero-order chi connectivity index (χ0) is 12.0. The van der Waals surface area contributed by atoms with Crippen LogP contribution in [0, 0.1) is 5.41 Å². The maximum Gasteiger partial charge on any atom is 0.168 e. The van der Waals surface area contributed by atoms with Crippen LogP contribution < -0.4 is 0 Å². The first-order chi connectivity index (χ1) is 8.08. The summed E-state index contributed by atoms with van der Waals surface area (Å²) in [5.74, 6) is 0.347. The molecule has 0 aromatic heterocycles. The molecule has 0 spiro atoms. The fraction of sp³-hybridized carbons (Fsp3) is 0.533. The molecule has 2 aliphatic rings. The summed E-state index contributed by atoms with van der Waals surface area (Å²) in [5.41, 5.74) is 3.64. The summed E-state index contributed by atoms with van der Waals surface area (Å²) in [6.45, 7) is 4.20. The fourth-order valence-corrected chi connectivity index (χ4v) is 2.60. The van der Waals surface area contributed by atoms with E-state index >= 15 is 0 Å².